The largest absolute Gasteiger partial charge is 0.493 e. The van der Waals surface area contributed by atoms with Crippen molar-refractivity contribution in [2.24, 2.45) is 5.73 Å². The summed E-state index contributed by atoms with van der Waals surface area (Å²) in [6.45, 7) is 0.577. The number of hydrogen-bond acceptors (Lipinski definition) is 4. The summed E-state index contributed by atoms with van der Waals surface area (Å²) in [5.74, 6) is 0.502. The van der Waals surface area contributed by atoms with Gasteiger partial charge in [0.05, 0.1) is 12.3 Å². The first kappa shape index (κ1) is 13.8. The molecule has 0 radical (unpaired) electrons. The van der Waals surface area contributed by atoms with Crippen LogP contribution < -0.4 is 15.8 Å². The molecule has 4 N–H and O–H groups in total. The number of rotatable bonds is 2. The second-order valence-electron chi connectivity index (χ2n) is 5.55. The number of aromatic nitrogens is 2. The summed E-state index contributed by atoms with van der Waals surface area (Å²) < 4.78 is 5.62. The fourth-order valence-electron chi connectivity index (χ4n) is 2.82. The number of anilines is 1. The Morgan fingerprint density at radius 3 is 3.17 bits per heavy atom. The molecule has 1 amide bonds. The van der Waals surface area contributed by atoms with E-state index in [1.54, 1.807) is 30.6 Å². The van der Waals surface area contributed by atoms with Crippen molar-refractivity contribution in [3.63, 3.8) is 0 Å². The summed E-state index contributed by atoms with van der Waals surface area (Å²) in [6, 6.07) is 9.02. The smallest absolute Gasteiger partial charge is 0.255 e. The highest BCUT2D eigenvalue weighted by Crippen LogP contribution is 2.31. The van der Waals surface area contributed by atoms with Gasteiger partial charge in [0.1, 0.15) is 11.4 Å². The van der Waals surface area contributed by atoms with Crippen molar-refractivity contribution < 1.29 is 9.53 Å². The van der Waals surface area contributed by atoms with Crippen LogP contribution in [0.2, 0.25) is 0 Å². The Balaban J connectivity index is 1.63. The average Bonchev–Trinajstić information content (AvgIpc) is 3.04. The Labute approximate surface area is 132 Å². The van der Waals surface area contributed by atoms with Gasteiger partial charge in [-0.05, 0) is 24.3 Å². The number of fused-ring (bicyclic) bond motifs is 2. The van der Waals surface area contributed by atoms with E-state index in [0.717, 1.165) is 28.7 Å². The van der Waals surface area contributed by atoms with Crippen LogP contribution in [0.5, 0.6) is 5.75 Å². The highest BCUT2D eigenvalue weighted by Gasteiger charge is 2.20. The summed E-state index contributed by atoms with van der Waals surface area (Å²) in [7, 11) is 0. The van der Waals surface area contributed by atoms with Gasteiger partial charge in [-0.1, -0.05) is 6.07 Å². The monoisotopic (exact) mass is 308 g/mol. The van der Waals surface area contributed by atoms with Crippen molar-refractivity contribution in [2.45, 2.75) is 12.5 Å². The molecule has 116 valence electrons. The number of carbonyl (C=O) groups is 1. The molecule has 3 heterocycles. The first-order valence-corrected chi connectivity index (χ1v) is 7.48. The van der Waals surface area contributed by atoms with E-state index < -0.39 is 0 Å². The van der Waals surface area contributed by atoms with Crippen molar-refractivity contribution in [3.8, 4) is 5.75 Å². The number of amides is 1. The third-order valence-corrected chi connectivity index (χ3v) is 4.07. The minimum absolute atomic E-state index is 0.0319. The maximum atomic E-state index is 12.5. The van der Waals surface area contributed by atoms with Crippen LogP contribution in [0.3, 0.4) is 0 Å². The number of nitrogens with two attached hydrogens (primary N) is 1. The lowest BCUT2D eigenvalue weighted by molar-refractivity contribution is 0.102. The topological polar surface area (TPSA) is 93.0 Å². The molecule has 0 unspecified atom stereocenters. The molecule has 1 aliphatic rings. The molecule has 0 fully saturated rings. The van der Waals surface area contributed by atoms with Crippen LogP contribution >= 0.6 is 0 Å². The van der Waals surface area contributed by atoms with E-state index in [-0.39, 0.29) is 11.9 Å². The van der Waals surface area contributed by atoms with Gasteiger partial charge in [-0.15, -0.1) is 0 Å². The normalized spacial score (nSPS) is 16.7. The zero-order valence-electron chi connectivity index (χ0n) is 12.4. The standard InChI is InChI=1S/C17H16N4O2/c18-13-5-8-23-15-9-10(1-2-11(13)15)17(22)21-14-4-7-20-16-12(14)3-6-19-16/h1-4,6-7,9,13H,5,8,18H2,(H2,19,20,21,22)/t13-/m1/s1. The summed E-state index contributed by atoms with van der Waals surface area (Å²) in [4.78, 5) is 19.7. The average molecular weight is 308 g/mol. The predicted molar refractivity (Wildman–Crippen MR) is 87.5 cm³/mol. The lowest BCUT2D eigenvalue weighted by atomic mass is 9.99. The molecule has 4 rings (SSSR count). The number of pyridine rings is 1. The van der Waals surface area contributed by atoms with Gasteiger partial charge in [-0.2, -0.15) is 0 Å². The van der Waals surface area contributed by atoms with Crippen molar-refractivity contribution in [1.29, 1.82) is 0 Å². The molecule has 0 aliphatic carbocycles. The molecule has 6 heteroatoms. The van der Waals surface area contributed by atoms with Crippen LogP contribution in [-0.2, 0) is 0 Å². The molecule has 0 bridgehead atoms. The lowest BCUT2D eigenvalue weighted by Gasteiger charge is -2.23. The number of aromatic amines is 1. The molecule has 3 aromatic rings. The van der Waals surface area contributed by atoms with Gasteiger partial charge in [-0.25, -0.2) is 4.98 Å². The first-order valence-electron chi connectivity index (χ1n) is 7.48. The summed E-state index contributed by atoms with van der Waals surface area (Å²) in [5.41, 5.74) is 9.00. The number of carbonyl (C=O) groups excluding carboxylic acids is 1. The second kappa shape index (κ2) is 5.40. The first-order chi connectivity index (χ1) is 11.2. The Morgan fingerprint density at radius 2 is 2.26 bits per heavy atom. The van der Waals surface area contributed by atoms with Crippen LogP contribution in [0.4, 0.5) is 5.69 Å². The fourth-order valence-corrected chi connectivity index (χ4v) is 2.82. The van der Waals surface area contributed by atoms with E-state index in [2.05, 4.69) is 15.3 Å². The van der Waals surface area contributed by atoms with Gasteiger partial charge in [-0.3, -0.25) is 4.79 Å². The van der Waals surface area contributed by atoms with Crippen LogP contribution in [-0.4, -0.2) is 22.5 Å². The minimum atomic E-state index is -0.191. The van der Waals surface area contributed by atoms with E-state index in [9.17, 15) is 4.79 Å². The third kappa shape index (κ3) is 2.43. The maximum Gasteiger partial charge on any atom is 0.255 e. The number of nitrogens with zero attached hydrogens (tertiary/aromatic N) is 1. The van der Waals surface area contributed by atoms with Crippen LogP contribution in [0, 0.1) is 0 Å². The van der Waals surface area contributed by atoms with Crippen LogP contribution in [0.1, 0.15) is 28.4 Å². The quantitative estimate of drug-likeness (QED) is 0.678. The van der Waals surface area contributed by atoms with Gasteiger partial charge in [0, 0.05) is 41.4 Å². The fraction of sp³-hybridized carbons (Fsp3) is 0.176. The Morgan fingerprint density at radius 1 is 1.35 bits per heavy atom. The van der Waals surface area contributed by atoms with Gasteiger partial charge in [0.25, 0.3) is 5.91 Å². The van der Waals surface area contributed by atoms with Gasteiger partial charge in [0.15, 0.2) is 0 Å². The maximum absolute atomic E-state index is 12.5. The lowest BCUT2D eigenvalue weighted by Crippen LogP contribution is -2.21. The van der Waals surface area contributed by atoms with Crippen LogP contribution in [0.15, 0.2) is 42.7 Å². The molecular weight excluding hydrogens is 292 g/mol. The van der Waals surface area contributed by atoms with E-state index >= 15 is 0 Å². The van der Waals surface area contributed by atoms with Crippen molar-refractivity contribution in [2.75, 3.05) is 11.9 Å². The molecular formula is C17H16N4O2. The van der Waals surface area contributed by atoms with Crippen LogP contribution in [0.25, 0.3) is 11.0 Å². The van der Waals surface area contributed by atoms with E-state index in [1.165, 1.54) is 0 Å². The highest BCUT2D eigenvalue weighted by molar-refractivity contribution is 6.08. The van der Waals surface area contributed by atoms with E-state index in [4.69, 9.17) is 10.5 Å². The predicted octanol–water partition coefficient (Wildman–Crippen LogP) is 2.60. The molecule has 1 aromatic carbocycles. The summed E-state index contributed by atoms with van der Waals surface area (Å²) in [6.07, 6.45) is 4.24. The zero-order chi connectivity index (χ0) is 15.8. The molecule has 2 aromatic heterocycles. The molecule has 1 atom stereocenters. The van der Waals surface area contributed by atoms with Gasteiger partial charge < -0.3 is 20.8 Å². The summed E-state index contributed by atoms with van der Waals surface area (Å²) in [5, 5.41) is 3.79. The number of hydrogen-bond donors (Lipinski definition) is 3. The molecule has 1 aliphatic heterocycles. The number of H-pyrrole nitrogens is 1. The van der Waals surface area contributed by atoms with E-state index in [0.29, 0.717) is 17.9 Å². The molecule has 0 spiro atoms. The van der Waals surface area contributed by atoms with Crippen molar-refractivity contribution in [1.82, 2.24) is 9.97 Å². The molecule has 0 saturated carbocycles. The number of ether oxygens (including phenoxy) is 1. The molecule has 6 nitrogen and oxygen atoms in total. The zero-order valence-corrected chi connectivity index (χ0v) is 12.4. The third-order valence-electron chi connectivity index (χ3n) is 4.07. The number of benzene rings is 1. The molecule has 23 heavy (non-hydrogen) atoms. The van der Waals surface area contributed by atoms with Crippen molar-refractivity contribution in [3.05, 3.63) is 53.9 Å². The summed E-state index contributed by atoms with van der Waals surface area (Å²) >= 11 is 0. The Hall–Kier alpha value is -2.86. The van der Waals surface area contributed by atoms with E-state index in [1.807, 2.05) is 12.1 Å². The second-order valence-corrected chi connectivity index (χ2v) is 5.55. The van der Waals surface area contributed by atoms with Gasteiger partial charge in [0.2, 0.25) is 0 Å². The Kier molecular flexibility index (Phi) is 3.24. The molecule has 0 saturated heterocycles. The highest BCUT2D eigenvalue weighted by atomic mass is 16.5. The van der Waals surface area contributed by atoms with Crippen molar-refractivity contribution >= 4 is 22.6 Å². The number of nitrogens with one attached hydrogen (secondary N) is 2. The minimum Gasteiger partial charge on any atom is -0.493 e. The Bertz CT molecular complexity index is 887. The SMILES string of the molecule is N[C@@H]1CCOc2cc(C(=O)Nc3ccnc4[nH]ccc34)ccc21. The van der Waals surface area contributed by atoms with Gasteiger partial charge >= 0.3 is 0 Å².